The Kier molecular flexibility index (Phi) is 4.28. The Morgan fingerprint density at radius 1 is 1.38 bits per heavy atom. The molecule has 24 heavy (non-hydrogen) atoms. The van der Waals surface area contributed by atoms with Gasteiger partial charge < -0.3 is 15.2 Å². The quantitative estimate of drug-likeness (QED) is 0.840. The Morgan fingerprint density at radius 3 is 2.71 bits per heavy atom. The monoisotopic (exact) mass is 331 g/mol. The number of hydrogen-bond acceptors (Lipinski definition) is 3. The molecule has 0 radical (unpaired) electrons. The molecule has 2 aliphatic carbocycles. The smallest absolute Gasteiger partial charge is 0.306 e. The number of nitrogens with one attached hydrogen (secondary N) is 1. The van der Waals surface area contributed by atoms with Crippen LogP contribution in [0.5, 0.6) is 5.75 Å². The summed E-state index contributed by atoms with van der Waals surface area (Å²) >= 11 is 0. The highest BCUT2D eigenvalue weighted by Crippen LogP contribution is 2.63. The van der Waals surface area contributed by atoms with Crippen molar-refractivity contribution in [2.75, 3.05) is 7.11 Å². The van der Waals surface area contributed by atoms with E-state index in [-0.39, 0.29) is 23.7 Å². The lowest BCUT2D eigenvalue weighted by atomic mass is 9.87. The van der Waals surface area contributed by atoms with Gasteiger partial charge in [-0.25, -0.2) is 0 Å². The summed E-state index contributed by atoms with van der Waals surface area (Å²) in [5, 5.41) is 12.4. The van der Waals surface area contributed by atoms with E-state index in [1.54, 1.807) is 26.2 Å². The topological polar surface area (TPSA) is 75.6 Å². The fourth-order valence-electron chi connectivity index (χ4n) is 4.20. The first-order valence-corrected chi connectivity index (χ1v) is 8.57. The number of carboxylic acid groups (broad SMARTS) is 1. The molecule has 2 unspecified atom stereocenters. The number of carbonyl (C=O) groups excluding carboxylic acids is 1. The van der Waals surface area contributed by atoms with Crippen molar-refractivity contribution in [2.24, 2.45) is 11.3 Å². The summed E-state index contributed by atoms with van der Waals surface area (Å²) in [5.74, 6) is -0.258. The van der Waals surface area contributed by atoms with Gasteiger partial charge in [0.15, 0.2) is 0 Å². The van der Waals surface area contributed by atoms with Crippen molar-refractivity contribution < 1.29 is 19.4 Å². The van der Waals surface area contributed by atoms with Gasteiger partial charge in [0.05, 0.1) is 19.1 Å². The second kappa shape index (κ2) is 6.11. The van der Waals surface area contributed by atoms with E-state index in [9.17, 15) is 14.7 Å². The van der Waals surface area contributed by atoms with Crippen LogP contribution in [0.2, 0.25) is 0 Å². The molecule has 5 nitrogen and oxygen atoms in total. The molecule has 5 heteroatoms. The molecule has 0 aromatic heterocycles. The van der Waals surface area contributed by atoms with Gasteiger partial charge in [-0.2, -0.15) is 0 Å². The van der Waals surface area contributed by atoms with Gasteiger partial charge in [0.2, 0.25) is 5.91 Å². The number of methoxy groups -OCH3 is 1. The Labute approximate surface area is 142 Å². The van der Waals surface area contributed by atoms with E-state index in [2.05, 4.69) is 5.32 Å². The summed E-state index contributed by atoms with van der Waals surface area (Å²) in [4.78, 5) is 24.1. The number of benzene rings is 1. The maximum atomic E-state index is 12.8. The Balaban J connectivity index is 1.80. The van der Waals surface area contributed by atoms with Gasteiger partial charge in [-0.1, -0.05) is 25.0 Å². The summed E-state index contributed by atoms with van der Waals surface area (Å²) in [6, 6.07) is 7.25. The van der Waals surface area contributed by atoms with Crippen LogP contribution >= 0.6 is 0 Å². The van der Waals surface area contributed by atoms with E-state index in [0.29, 0.717) is 5.75 Å². The lowest BCUT2D eigenvalue weighted by Crippen LogP contribution is -2.46. The lowest BCUT2D eigenvalue weighted by molar-refractivity contribution is -0.139. The van der Waals surface area contributed by atoms with Gasteiger partial charge in [-0.05, 0) is 49.3 Å². The molecular formula is C19H25NO4. The van der Waals surface area contributed by atoms with E-state index in [1.807, 2.05) is 12.1 Å². The number of amides is 1. The molecular weight excluding hydrogens is 306 g/mol. The van der Waals surface area contributed by atoms with Gasteiger partial charge in [-0.15, -0.1) is 0 Å². The molecule has 2 atom stereocenters. The van der Waals surface area contributed by atoms with Gasteiger partial charge in [-0.3, -0.25) is 9.59 Å². The zero-order valence-corrected chi connectivity index (χ0v) is 14.3. The standard InChI is InChI=1S/C19H25NO4/c1-18(12-16(21)22,13-6-5-7-14(10-13)24-2)20-17(23)15-11-19(15)8-3-4-9-19/h5-7,10,15H,3-4,8-9,11-12H2,1-2H3,(H,20,23)(H,21,22). The van der Waals surface area contributed by atoms with Crippen LogP contribution in [0.1, 0.15) is 51.0 Å². The predicted octanol–water partition coefficient (Wildman–Crippen LogP) is 3.08. The Bertz CT molecular complexity index is 651. The summed E-state index contributed by atoms with van der Waals surface area (Å²) < 4.78 is 5.24. The normalized spacial score (nSPS) is 23.5. The van der Waals surface area contributed by atoms with Crippen molar-refractivity contribution in [2.45, 2.75) is 51.0 Å². The molecule has 130 valence electrons. The van der Waals surface area contributed by atoms with Gasteiger partial charge in [0.1, 0.15) is 5.75 Å². The molecule has 0 heterocycles. The van der Waals surface area contributed by atoms with Crippen molar-refractivity contribution in [3.05, 3.63) is 29.8 Å². The van der Waals surface area contributed by atoms with Crippen LogP contribution in [0.15, 0.2) is 24.3 Å². The zero-order chi connectivity index (χ0) is 17.4. The third-order valence-electron chi connectivity index (χ3n) is 5.72. The Hall–Kier alpha value is -2.04. The van der Waals surface area contributed by atoms with Crippen LogP contribution in [0.3, 0.4) is 0 Å². The van der Waals surface area contributed by atoms with E-state index < -0.39 is 11.5 Å². The molecule has 1 amide bonds. The van der Waals surface area contributed by atoms with Crippen molar-refractivity contribution in [3.63, 3.8) is 0 Å². The van der Waals surface area contributed by atoms with Crippen LogP contribution in [-0.4, -0.2) is 24.1 Å². The molecule has 0 saturated heterocycles. The number of rotatable bonds is 6. The van der Waals surface area contributed by atoms with Gasteiger partial charge in [0.25, 0.3) is 0 Å². The van der Waals surface area contributed by atoms with Crippen molar-refractivity contribution in [3.8, 4) is 5.75 Å². The highest BCUT2D eigenvalue weighted by atomic mass is 16.5. The van der Waals surface area contributed by atoms with E-state index >= 15 is 0 Å². The maximum Gasteiger partial charge on any atom is 0.306 e. The fourth-order valence-corrected chi connectivity index (χ4v) is 4.20. The summed E-state index contributed by atoms with van der Waals surface area (Å²) in [6.45, 7) is 1.78. The van der Waals surface area contributed by atoms with Gasteiger partial charge in [0, 0.05) is 5.92 Å². The molecule has 2 saturated carbocycles. The molecule has 1 aromatic rings. The lowest BCUT2D eigenvalue weighted by Gasteiger charge is -2.30. The summed E-state index contributed by atoms with van der Waals surface area (Å²) in [7, 11) is 1.57. The first kappa shape index (κ1) is 16.8. The summed E-state index contributed by atoms with van der Waals surface area (Å²) in [5.41, 5.74) is 0.00123. The molecule has 3 rings (SSSR count). The van der Waals surface area contributed by atoms with Crippen LogP contribution in [-0.2, 0) is 15.1 Å². The number of hydrogen-bond donors (Lipinski definition) is 2. The second-order valence-corrected chi connectivity index (χ2v) is 7.45. The third kappa shape index (κ3) is 3.12. The van der Waals surface area contributed by atoms with Crippen LogP contribution in [0.25, 0.3) is 0 Å². The van der Waals surface area contributed by atoms with Gasteiger partial charge >= 0.3 is 5.97 Å². The molecule has 2 N–H and O–H groups in total. The minimum Gasteiger partial charge on any atom is -0.497 e. The first-order valence-electron chi connectivity index (χ1n) is 8.57. The van der Waals surface area contributed by atoms with E-state index in [4.69, 9.17) is 4.74 Å². The van der Waals surface area contributed by atoms with Crippen LogP contribution in [0.4, 0.5) is 0 Å². The molecule has 0 aliphatic heterocycles. The highest BCUT2D eigenvalue weighted by Gasteiger charge is 2.59. The van der Waals surface area contributed by atoms with Crippen molar-refractivity contribution in [1.82, 2.24) is 5.32 Å². The minimum atomic E-state index is -0.945. The molecule has 1 spiro atoms. The van der Waals surface area contributed by atoms with E-state index in [1.165, 1.54) is 12.8 Å². The largest absolute Gasteiger partial charge is 0.497 e. The molecule has 1 aromatic carbocycles. The second-order valence-electron chi connectivity index (χ2n) is 7.45. The maximum absolute atomic E-state index is 12.8. The van der Waals surface area contributed by atoms with Crippen LogP contribution < -0.4 is 10.1 Å². The first-order chi connectivity index (χ1) is 11.4. The minimum absolute atomic E-state index is 0.0107. The SMILES string of the molecule is COc1cccc(C(C)(CC(=O)O)NC(=O)C2CC23CCCC3)c1. The van der Waals surface area contributed by atoms with E-state index in [0.717, 1.165) is 24.8 Å². The Morgan fingerprint density at radius 2 is 2.08 bits per heavy atom. The number of carboxylic acids is 1. The number of aliphatic carboxylic acids is 1. The zero-order valence-electron chi connectivity index (χ0n) is 14.3. The third-order valence-corrected chi connectivity index (χ3v) is 5.72. The fraction of sp³-hybridized carbons (Fsp3) is 0.579. The molecule has 2 aliphatic rings. The molecule has 2 fully saturated rings. The molecule has 0 bridgehead atoms. The average Bonchev–Trinajstić information content (AvgIpc) is 3.04. The van der Waals surface area contributed by atoms with Crippen molar-refractivity contribution >= 4 is 11.9 Å². The van der Waals surface area contributed by atoms with Crippen molar-refractivity contribution in [1.29, 1.82) is 0 Å². The predicted molar refractivity (Wildman–Crippen MR) is 89.7 cm³/mol. The summed E-state index contributed by atoms with van der Waals surface area (Å²) in [6.07, 6.45) is 5.43. The average molecular weight is 331 g/mol. The number of ether oxygens (including phenoxy) is 1. The number of carbonyl (C=O) groups is 2. The highest BCUT2D eigenvalue weighted by molar-refractivity contribution is 5.84. The van der Waals surface area contributed by atoms with Crippen LogP contribution in [0, 0.1) is 11.3 Å².